The van der Waals surface area contributed by atoms with Crippen molar-refractivity contribution in [1.29, 1.82) is 0 Å². The summed E-state index contributed by atoms with van der Waals surface area (Å²) in [5.74, 6) is 0.697. The molecule has 3 heterocycles. The zero-order chi connectivity index (χ0) is 21.4. The second kappa shape index (κ2) is 8.07. The van der Waals surface area contributed by atoms with Crippen molar-refractivity contribution in [2.45, 2.75) is 19.6 Å². The minimum Gasteiger partial charge on any atom is -0.423 e. The number of rotatable bonds is 5. The van der Waals surface area contributed by atoms with Gasteiger partial charge in [-0.1, -0.05) is 24.3 Å². The van der Waals surface area contributed by atoms with E-state index < -0.39 is 7.12 Å². The minimum absolute atomic E-state index is 0.289. The number of hydrogen-bond donors (Lipinski definition) is 3. The van der Waals surface area contributed by atoms with Gasteiger partial charge in [0.25, 0.3) is 5.95 Å². The fraction of sp³-hybridized carbons (Fsp3) is 0.190. The normalized spacial score (nSPS) is 13.3. The Kier molecular flexibility index (Phi) is 5.10. The molecule has 4 aromatic rings. The Balaban J connectivity index is 1.56. The van der Waals surface area contributed by atoms with Crippen LogP contribution in [-0.4, -0.2) is 43.5 Å². The van der Waals surface area contributed by atoms with Crippen molar-refractivity contribution < 1.29 is 19.2 Å². The predicted molar refractivity (Wildman–Crippen MR) is 114 cm³/mol. The predicted octanol–water partition coefficient (Wildman–Crippen LogP) is 1.32. The molecule has 0 radical (unpaired) electrons. The molecule has 0 aliphatic carbocycles. The topological polar surface area (TPSA) is 105 Å². The van der Waals surface area contributed by atoms with Gasteiger partial charge >= 0.3 is 7.12 Å². The summed E-state index contributed by atoms with van der Waals surface area (Å²) in [6.45, 7) is 1.34. The second-order valence-electron chi connectivity index (χ2n) is 7.29. The monoisotopic (exact) mass is 419 g/mol. The van der Waals surface area contributed by atoms with Gasteiger partial charge in [0, 0.05) is 23.9 Å². The average Bonchev–Trinajstić information content (AvgIpc) is 3.21. The molecule has 0 amide bonds. The second-order valence-corrected chi connectivity index (χ2v) is 7.29. The molecular weight excluding hydrogens is 400 g/mol. The standard InChI is InChI=1S/C21H19BFN5O3/c23-14-4-1-3-13(9-14)10-24-20-15-7-8-31-12-18(15)26-21(27-20)28-19-6-2-5-17(22(29)30)16(19)11-25-28/h1-6,9,11,29-30H,7-8,10,12H2,(H,24,26,27). The van der Waals surface area contributed by atoms with Crippen LogP contribution in [-0.2, 0) is 24.3 Å². The Bertz CT molecular complexity index is 1260. The van der Waals surface area contributed by atoms with E-state index in [1.807, 2.05) is 12.1 Å². The molecule has 0 spiro atoms. The average molecular weight is 419 g/mol. The third-order valence-corrected chi connectivity index (χ3v) is 5.28. The number of ether oxygens (including phenoxy) is 1. The number of hydrogen-bond acceptors (Lipinski definition) is 7. The van der Waals surface area contributed by atoms with E-state index in [1.54, 1.807) is 29.1 Å². The van der Waals surface area contributed by atoms with Crippen LogP contribution >= 0.6 is 0 Å². The van der Waals surface area contributed by atoms with Crippen LogP contribution in [0.1, 0.15) is 16.8 Å². The van der Waals surface area contributed by atoms with Crippen LogP contribution in [0.15, 0.2) is 48.7 Å². The summed E-state index contributed by atoms with van der Waals surface area (Å²) in [7, 11) is -1.61. The van der Waals surface area contributed by atoms with Gasteiger partial charge in [0.05, 0.1) is 30.6 Å². The molecule has 2 aromatic carbocycles. The van der Waals surface area contributed by atoms with E-state index in [2.05, 4.69) is 15.4 Å². The van der Waals surface area contributed by atoms with Crippen molar-refractivity contribution in [3.05, 3.63) is 71.3 Å². The van der Waals surface area contributed by atoms with Crippen molar-refractivity contribution in [3.8, 4) is 5.95 Å². The van der Waals surface area contributed by atoms with Gasteiger partial charge in [0.15, 0.2) is 0 Å². The maximum atomic E-state index is 13.5. The van der Waals surface area contributed by atoms with Crippen LogP contribution in [0.4, 0.5) is 10.2 Å². The first-order chi connectivity index (χ1) is 15.1. The first-order valence-electron chi connectivity index (χ1n) is 9.89. The molecule has 5 rings (SSSR count). The van der Waals surface area contributed by atoms with E-state index in [0.717, 1.165) is 16.8 Å². The SMILES string of the molecule is OB(O)c1cccc2c1cnn2-c1nc2c(c(NCc3cccc(F)c3)n1)CCOC2. The van der Waals surface area contributed by atoms with Gasteiger partial charge in [-0.25, -0.2) is 9.37 Å². The summed E-state index contributed by atoms with van der Waals surface area (Å²) in [5, 5.41) is 27.6. The summed E-state index contributed by atoms with van der Waals surface area (Å²) >= 11 is 0. The number of aromatic nitrogens is 4. The molecular formula is C21H19BFN5O3. The van der Waals surface area contributed by atoms with E-state index in [0.29, 0.717) is 54.3 Å². The summed E-state index contributed by atoms with van der Waals surface area (Å²) < 4.78 is 20.7. The first-order valence-corrected chi connectivity index (χ1v) is 9.89. The Labute approximate surface area is 177 Å². The van der Waals surface area contributed by atoms with Crippen LogP contribution in [0.2, 0.25) is 0 Å². The Hall–Kier alpha value is -3.34. The molecule has 1 aliphatic heterocycles. The van der Waals surface area contributed by atoms with Crippen LogP contribution in [0.5, 0.6) is 0 Å². The molecule has 156 valence electrons. The van der Waals surface area contributed by atoms with E-state index in [1.165, 1.54) is 12.1 Å². The summed E-state index contributed by atoms with van der Waals surface area (Å²) in [4.78, 5) is 9.34. The number of anilines is 1. The molecule has 0 atom stereocenters. The Morgan fingerprint density at radius 3 is 2.87 bits per heavy atom. The fourth-order valence-corrected chi connectivity index (χ4v) is 3.77. The zero-order valence-electron chi connectivity index (χ0n) is 16.5. The number of benzene rings is 2. The van der Waals surface area contributed by atoms with Gasteiger partial charge in [-0.05, 0) is 29.2 Å². The molecule has 10 heteroatoms. The van der Waals surface area contributed by atoms with Crippen molar-refractivity contribution >= 4 is 29.3 Å². The van der Waals surface area contributed by atoms with Crippen molar-refractivity contribution in [2.24, 2.45) is 0 Å². The highest BCUT2D eigenvalue weighted by Crippen LogP contribution is 2.25. The van der Waals surface area contributed by atoms with Gasteiger partial charge in [-0.2, -0.15) is 14.8 Å². The molecule has 0 saturated carbocycles. The molecule has 8 nitrogen and oxygen atoms in total. The lowest BCUT2D eigenvalue weighted by Gasteiger charge is -2.20. The maximum Gasteiger partial charge on any atom is 0.489 e. The molecule has 0 fully saturated rings. The van der Waals surface area contributed by atoms with Gasteiger partial charge in [0.2, 0.25) is 0 Å². The molecule has 0 bridgehead atoms. The highest BCUT2D eigenvalue weighted by atomic mass is 19.1. The Morgan fingerprint density at radius 2 is 2.03 bits per heavy atom. The van der Waals surface area contributed by atoms with Crippen LogP contribution < -0.4 is 10.8 Å². The highest BCUT2D eigenvalue weighted by Gasteiger charge is 2.22. The lowest BCUT2D eigenvalue weighted by atomic mass is 9.78. The number of fused-ring (bicyclic) bond motifs is 2. The van der Waals surface area contributed by atoms with Crippen LogP contribution in [0, 0.1) is 5.82 Å². The fourth-order valence-electron chi connectivity index (χ4n) is 3.77. The molecule has 31 heavy (non-hydrogen) atoms. The van der Waals surface area contributed by atoms with Gasteiger partial charge in [0.1, 0.15) is 11.6 Å². The van der Waals surface area contributed by atoms with Crippen molar-refractivity contribution in [3.63, 3.8) is 0 Å². The first kappa shape index (κ1) is 19.6. The summed E-state index contributed by atoms with van der Waals surface area (Å²) in [5.41, 5.74) is 3.54. The van der Waals surface area contributed by atoms with E-state index >= 15 is 0 Å². The van der Waals surface area contributed by atoms with Gasteiger partial charge < -0.3 is 20.1 Å². The molecule has 0 saturated heterocycles. The minimum atomic E-state index is -1.61. The van der Waals surface area contributed by atoms with Gasteiger partial charge in [-0.3, -0.25) is 0 Å². The van der Waals surface area contributed by atoms with E-state index in [-0.39, 0.29) is 5.82 Å². The summed E-state index contributed by atoms with van der Waals surface area (Å²) in [6.07, 6.45) is 2.23. The molecule has 2 aromatic heterocycles. The zero-order valence-corrected chi connectivity index (χ0v) is 16.5. The van der Waals surface area contributed by atoms with Crippen molar-refractivity contribution in [2.75, 3.05) is 11.9 Å². The highest BCUT2D eigenvalue weighted by molar-refractivity contribution is 6.61. The molecule has 3 N–H and O–H groups in total. The molecule has 0 unspecified atom stereocenters. The lowest BCUT2D eigenvalue weighted by Crippen LogP contribution is -2.30. The number of nitrogens with zero attached hydrogens (tertiary/aromatic N) is 4. The van der Waals surface area contributed by atoms with Crippen LogP contribution in [0.25, 0.3) is 16.9 Å². The van der Waals surface area contributed by atoms with E-state index in [9.17, 15) is 14.4 Å². The van der Waals surface area contributed by atoms with Gasteiger partial charge in [-0.15, -0.1) is 0 Å². The smallest absolute Gasteiger partial charge is 0.423 e. The third kappa shape index (κ3) is 3.76. The number of nitrogens with one attached hydrogen (secondary N) is 1. The maximum absolute atomic E-state index is 13.5. The largest absolute Gasteiger partial charge is 0.489 e. The lowest BCUT2D eigenvalue weighted by molar-refractivity contribution is 0.107. The molecule has 1 aliphatic rings. The number of halogens is 1. The quantitative estimate of drug-likeness (QED) is 0.419. The summed E-state index contributed by atoms with van der Waals surface area (Å²) in [6, 6.07) is 11.6. The third-order valence-electron chi connectivity index (χ3n) is 5.28. The van der Waals surface area contributed by atoms with Crippen molar-refractivity contribution in [1.82, 2.24) is 19.7 Å². The van der Waals surface area contributed by atoms with E-state index in [4.69, 9.17) is 9.72 Å². The Morgan fingerprint density at radius 1 is 1.16 bits per heavy atom. The van der Waals surface area contributed by atoms with Crippen LogP contribution in [0.3, 0.4) is 0 Å².